The average molecular weight is 331 g/mol. The van der Waals surface area contributed by atoms with E-state index in [-0.39, 0.29) is 0 Å². The summed E-state index contributed by atoms with van der Waals surface area (Å²) in [6.45, 7) is 9.01. The normalized spacial score (nSPS) is 15.3. The zero-order valence-electron chi connectivity index (χ0n) is 16.8. The first-order chi connectivity index (χ1) is 11.8. The number of rotatable bonds is 15. The Labute approximate surface area is 152 Å². The van der Waals surface area contributed by atoms with Crippen LogP contribution >= 0.6 is 0 Å². The molecule has 0 heterocycles. The van der Waals surface area contributed by atoms with Crippen LogP contribution in [0.15, 0.2) is 48.6 Å². The molecule has 0 spiro atoms. The lowest BCUT2D eigenvalue weighted by molar-refractivity contribution is 0.480. The first kappa shape index (κ1) is 23.0. The molecule has 138 valence electrons. The molecule has 0 saturated carbocycles. The minimum absolute atomic E-state index is 0.629. The van der Waals surface area contributed by atoms with E-state index in [4.69, 9.17) is 0 Å². The van der Waals surface area contributed by atoms with Gasteiger partial charge in [0.2, 0.25) is 0 Å². The van der Waals surface area contributed by atoms with Gasteiger partial charge in [0, 0.05) is 0 Å². The van der Waals surface area contributed by atoms with Gasteiger partial charge in [-0.1, -0.05) is 102 Å². The van der Waals surface area contributed by atoms with E-state index in [1.165, 1.54) is 64.2 Å². The zero-order chi connectivity index (χ0) is 17.9. The van der Waals surface area contributed by atoms with Crippen molar-refractivity contribution in [3.63, 3.8) is 0 Å². The molecular weight excluding hydrogens is 288 g/mol. The summed E-state index contributed by atoms with van der Waals surface area (Å²) >= 11 is 0. The van der Waals surface area contributed by atoms with E-state index in [1.807, 2.05) is 0 Å². The molecular formula is C24H42. The molecule has 0 aliphatic heterocycles. The summed E-state index contributed by atoms with van der Waals surface area (Å²) in [4.78, 5) is 0. The van der Waals surface area contributed by atoms with Crippen LogP contribution in [-0.4, -0.2) is 0 Å². The van der Waals surface area contributed by atoms with E-state index < -0.39 is 0 Å². The molecule has 0 heteroatoms. The largest absolute Gasteiger partial charge is 0.0885 e. The fourth-order valence-corrected chi connectivity index (χ4v) is 2.74. The Kier molecular flexibility index (Phi) is 17.5. The van der Waals surface area contributed by atoms with Crippen LogP contribution < -0.4 is 0 Å². The highest BCUT2D eigenvalue weighted by atomic mass is 14.2. The van der Waals surface area contributed by atoms with Gasteiger partial charge in [-0.25, -0.2) is 0 Å². The predicted molar refractivity (Wildman–Crippen MR) is 112 cm³/mol. The third-order valence-electron chi connectivity index (χ3n) is 4.29. The SMILES string of the molecule is CCCC=CCC(C=CCCC)C(C=CCCC)CC=CCCC. The van der Waals surface area contributed by atoms with Crippen molar-refractivity contribution in [2.45, 2.75) is 91.9 Å². The fraction of sp³-hybridized carbons (Fsp3) is 0.667. The van der Waals surface area contributed by atoms with Gasteiger partial charge in [-0.15, -0.1) is 0 Å². The Morgan fingerprint density at radius 3 is 1.12 bits per heavy atom. The van der Waals surface area contributed by atoms with Crippen molar-refractivity contribution in [2.24, 2.45) is 11.8 Å². The van der Waals surface area contributed by atoms with E-state index in [2.05, 4.69) is 76.3 Å². The third-order valence-corrected chi connectivity index (χ3v) is 4.29. The fourth-order valence-electron chi connectivity index (χ4n) is 2.74. The zero-order valence-corrected chi connectivity index (χ0v) is 16.8. The van der Waals surface area contributed by atoms with Gasteiger partial charge in [-0.05, 0) is 50.4 Å². The van der Waals surface area contributed by atoms with Crippen LogP contribution in [0.5, 0.6) is 0 Å². The second-order valence-corrected chi connectivity index (χ2v) is 6.75. The van der Waals surface area contributed by atoms with Gasteiger partial charge in [0.15, 0.2) is 0 Å². The molecule has 0 aliphatic rings. The van der Waals surface area contributed by atoms with Crippen LogP contribution in [0.2, 0.25) is 0 Å². The minimum Gasteiger partial charge on any atom is -0.0885 e. The van der Waals surface area contributed by atoms with Gasteiger partial charge >= 0.3 is 0 Å². The average Bonchev–Trinajstić information content (AvgIpc) is 2.59. The molecule has 0 bridgehead atoms. The summed E-state index contributed by atoms with van der Waals surface area (Å²) in [5.74, 6) is 1.26. The van der Waals surface area contributed by atoms with Gasteiger partial charge in [0.25, 0.3) is 0 Å². The second-order valence-electron chi connectivity index (χ2n) is 6.75. The molecule has 0 N–H and O–H groups in total. The molecule has 0 saturated heterocycles. The molecule has 0 rings (SSSR count). The topological polar surface area (TPSA) is 0 Å². The highest BCUT2D eigenvalue weighted by Gasteiger charge is 2.14. The summed E-state index contributed by atoms with van der Waals surface area (Å²) in [5, 5.41) is 0. The molecule has 2 unspecified atom stereocenters. The van der Waals surface area contributed by atoms with Crippen molar-refractivity contribution >= 4 is 0 Å². The Hall–Kier alpha value is -1.04. The van der Waals surface area contributed by atoms with Crippen molar-refractivity contribution in [2.75, 3.05) is 0 Å². The maximum absolute atomic E-state index is 2.48. The van der Waals surface area contributed by atoms with Gasteiger partial charge < -0.3 is 0 Å². The predicted octanol–water partition coefficient (Wildman–Crippen LogP) is 8.42. The lowest BCUT2D eigenvalue weighted by atomic mass is 9.85. The molecule has 0 fully saturated rings. The highest BCUT2D eigenvalue weighted by Crippen LogP contribution is 2.25. The number of unbranched alkanes of at least 4 members (excludes halogenated alkanes) is 4. The number of hydrogen-bond donors (Lipinski definition) is 0. The van der Waals surface area contributed by atoms with Gasteiger partial charge in [-0.2, -0.15) is 0 Å². The van der Waals surface area contributed by atoms with Gasteiger partial charge in [0.05, 0.1) is 0 Å². The molecule has 0 aromatic heterocycles. The maximum atomic E-state index is 2.48. The van der Waals surface area contributed by atoms with Crippen LogP contribution in [0.25, 0.3) is 0 Å². The molecule has 24 heavy (non-hydrogen) atoms. The van der Waals surface area contributed by atoms with Crippen molar-refractivity contribution in [1.82, 2.24) is 0 Å². The molecule has 0 radical (unpaired) electrons. The third kappa shape index (κ3) is 13.4. The first-order valence-corrected chi connectivity index (χ1v) is 10.4. The van der Waals surface area contributed by atoms with Crippen molar-refractivity contribution < 1.29 is 0 Å². The monoisotopic (exact) mass is 330 g/mol. The van der Waals surface area contributed by atoms with E-state index in [0.717, 1.165) is 0 Å². The van der Waals surface area contributed by atoms with E-state index >= 15 is 0 Å². The van der Waals surface area contributed by atoms with Crippen LogP contribution in [0.1, 0.15) is 91.9 Å². The minimum atomic E-state index is 0.629. The van der Waals surface area contributed by atoms with Crippen molar-refractivity contribution in [3.8, 4) is 0 Å². The number of allylic oxidation sites excluding steroid dienone is 8. The molecule has 0 aromatic carbocycles. The Balaban J connectivity index is 4.95. The molecule has 0 nitrogen and oxygen atoms in total. The molecule has 0 aromatic rings. The highest BCUT2D eigenvalue weighted by molar-refractivity contribution is 5.05. The summed E-state index contributed by atoms with van der Waals surface area (Å²) in [6, 6.07) is 0. The van der Waals surface area contributed by atoms with Crippen molar-refractivity contribution in [3.05, 3.63) is 48.6 Å². The summed E-state index contributed by atoms with van der Waals surface area (Å²) < 4.78 is 0. The molecule has 0 amide bonds. The summed E-state index contributed by atoms with van der Waals surface area (Å²) in [5.41, 5.74) is 0. The Morgan fingerprint density at radius 2 is 0.792 bits per heavy atom. The standard InChI is InChI=1S/C24H42/c1-5-9-13-17-21-23(19-15-11-7-3)24(20-16-12-8-4)22-18-14-10-6-2/h13-20,23-24H,5-12,21-22H2,1-4H3. The van der Waals surface area contributed by atoms with Crippen LogP contribution in [-0.2, 0) is 0 Å². The molecule has 0 aliphatic carbocycles. The Morgan fingerprint density at radius 1 is 0.458 bits per heavy atom. The lowest BCUT2D eigenvalue weighted by Gasteiger charge is -2.20. The summed E-state index contributed by atoms with van der Waals surface area (Å²) in [7, 11) is 0. The number of hydrogen-bond acceptors (Lipinski definition) is 0. The second kappa shape index (κ2) is 18.3. The Bertz CT molecular complexity index is 320. The maximum Gasteiger partial charge on any atom is -0.0133 e. The van der Waals surface area contributed by atoms with E-state index in [1.54, 1.807) is 0 Å². The van der Waals surface area contributed by atoms with Crippen molar-refractivity contribution in [1.29, 1.82) is 0 Å². The smallest absolute Gasteiger partial charge is 0.0133 e. The van der Waals surface area contributed by atoms with Gasteiger partial charge in [-0.3, -0.25) is 0 Å². The van der Waals surface area contributed by atoms with Gasteiger partial charge in [0.1, 0.15) is 0 Å². The van der Waals surface area contributed by atoms with Crippen LogP contribution in [0.3, 0.4) is 0 Å². The first-order valence-electron chi connectivity index (χ1n) is 10.4. The lowest BCUT2D eigenvalue weighted by Crippen LogP contribution is -2.09. The van der Waals surface area contributed by atoms with Crippen LogP contribution in [0.4, 0.5) is 0 Å². The van der Waals surface area contributed by atoms with E-state index in [0.29, 0.717) is 11.8 Å². The summed E-state index contributed by atoms with van der Waals surface area (Å²) in [6.07, 6.45) is 31.4. The van der Waals surface area contributed by atoms with Crippen LogP contribution in [0, 0.1) is 11.8 Å². The quantitative estimate of drug-likeness (QED) is 0.264. The molecule has 2 atom stereocenters. The van der Waals surface area contributed by atoms with E-state index in [9.17, 15) is 0 Å².